The van der Waals surface area contributed by atoms with Crippen molar-refractivity contribution >= 4 is 50.3 Å². The number of pyridine rings is 1. The molecule has 10 nitrogen and oxygen atoms in total. The average Bonchev–Trinajstić information content (AvgIpc) is 3.29. The Morgan fingerprint density at radius 1 is 1.27 bits per heavy atom. The smallest absolute Gasteiger partial charge is 0.358 e. The van der Waals surface area contributed by atoms with E-state index in [2.05, 4.69) is 41.2 Å². The Kier molecular flexibility index (Phi) is 7.79. The van der Waals surface area contributed by atoms with Crippen molar-refractivity contribution in [3.05, 3.63) is 86.4 Å². The van der Waals surface area contributed by atoms with Gasteiger partial charge in [0.05, 0.1) is 48.8 Å². The minimum Gasteiger partial charge on any atom is -0.358 e. The predicted molar refractivity (Wildman–Crippen MR) is 142 cm³/mol. The van der Waals surface area contributed by atoms with E-state index in [-0.39, 0.29) is 18.0 Å². The second kappa shape index (κ2) is 11.0. The lowest BCUT2D eigenvalue weighted by Crippen LogP contribution is -2.41. The number of nitro groups is 1. The average molecular weight is 569 g/mol. The first-order valence-electron chi connectivity index (χ1n) is 11.3. The van der Waals surface area contributed by atoms with Crippen molar-refractivity contribution in [1.29, 1.82) is 0 Å². The number of aliphatic imine (C=N–C) groups is 1. The molecule has 0 saturated heterocycles. The fourth-order valence-corrected chi connectivity index (χ4v) is 4.18. The number of nitrogens with one attached hydrogen (secondary N) is 1. The Balaban J connectivity index is 1.42. The molecule has 190 valence electrons. The van der Waals surface area contributed by atoms with Gasteiger partial charge in [0.15, 0.2) is 5.78 Å². The molecule has 0 atom stereocenters. The summed E-state index contributed by atoms with van der Waals surface area (Å²) in [6.07, 6.45) is 8.32. The second-order valence-electron chi connectivity index (χ2n) is 9.19. The third-order valence-corrected chi connectivity index (χ3v) is 6.32. The maximum Gasteiger partial charge on any atom is 0.368 e. The number of ketones is 1. The SMILES string of the molecule is C[N+](C)(C/C=C/C(=O)Cc1cc2c(Nc3ccc(Br)c(F)c3)ncnc2cn1)CC1=C([N+](=O)[O-])N=CC1. The molecule has 0 bridgehead atoms. The number of rotatable bonds is 10. The van der Waals surface area contributed by atoms with Crippen LogP contribution in [0.2, 0.25) is 0 Å². The van der Waals surface area contributed by atoms with Gasteiger partial charge in [-0.2, -0.15) is 0 Å². The van der Waals surface area contributed by atoms with E-state index < -0.39 is 10.7 Å². The molecule has 0 amide bonds. The monoisotopic (exact) mass is 568 g/mol. The first-order chi connectivity index (χ1) is 17.6. The van der Waals surface area contributed by atoms with Crippen LogP contribution in [0.15, 0.2) is 69.8 Å². The van der Waals surface area contributed by atoms with Crippen molar-refractivity contribution in [2.24, 2.45) is 4.99 Å². The number of carbonyl (C=O) groups excluding carboxylic acids is 1. The number of aromatic nitrogens is 3. The number of carbonyl (C=O) groups is 1. The standard InChI is InChI=1S/C25H24BrFN7O3/c1-34(2,14-16-7-8-28-25(16)33(36)37)9-3-4-19(35)10-18-11-20-23(13-29-18)30-15-31-24(20)32-17-5-6-21(26)22(27)12-17/h3-6,8,11-13,15H,7,9-10,14H2,1-2H3,(H,30,31,32)/q+1/b4-3+. The molecule has 0 saturated carbocycles. The summed E-state index contributed by atoms with van der Waals surface area (Å²) in [5, 5.41) is 14.9. The third kappa shape index (κ3) is 6.66. The highest BCUT2D eigenvalue weighted by atomic mass is 79.9. The van der Waals surface area contributed by atoms with Gasteiger partial charge in [0.2, 0.25) is 0 Å². The molecule has 4 rings (SSSR count). The summed E-state index contributed by atoms with van der Waals surface area (Å²) in [5.41, 5.74) is 2.32. The molecule has 1 aromatic carbocycles. The summed E-state index contributed by atoms with van der Waals surface area (Å²) >= 11 is 3.14. The number of benzene rings is 1. The van der Waals surface area contributed by atoms with E-state index in [0.29, 0.717) is 62.1 Å². The van der Waals surface area contributed by atoms with Crippen molar-refractivity contribution in [2.45, 2.75) is 12.8 Å². The molecule has 3 aromatic rings. The van der Waals surface area contributed by atoms with Crippen molar-refractivity contribution in [2.75, 3.05) is 32.5 Å². The Hall–Kier alpha value is -3.90. The van der Waals surface area contributed by atoms with Crippen LogP contribution in [-0.2, 0) is 11.2 Å². The summed E-state index contributed by atoms with van der Waals surface area (Å²) in [6.45, 7) is 0.968. The van der Waals surface area contributed by atoms with Crippen molar-refractivity contribution in [3.8, 4) is 0 Å². The van der Waals surface area contributed by atoms with Gasteiger partial charge in [0.1, 0.15) is 30.7 Å². The van der Waals surface area contributed by atoms with Gasteiger partial charge in [-0.15, -0.1) is 0 Å². The van der Waals surface area contributed by atoms with Gasteiger partial charge in [-0.1, -0.05) is 4.99 Å². The summed E-state index contributed by atoms with van der Waals surface area (Å²) in [6, 6.07) is 6.40. The summed E-state index contributed by atoms with van der Waals surface area (Å²) < 4.78 is 14.7. The normalized spacial score (nSPS) is 13.6. The van der Waals surface area contributed by atoms with E-state index in [9.17, 15) is 19.3 Å². The van der Waals surface area contributed by atoms with Gasteiger partial charge in [0.25, 0.3) is 0 Å². The predicted octanol–water partition coefficient (Wildman–Crippen LogP) is 4.38. The molecule has 0 fully saturated rings. The largest absolute Gasteiger partial charge is 0.368 e. The van der Waals surface area contributed by atoms with E-state index >= 15 is 0 Å². The molecule has 1 aliphatic rings. The van der Waals surface area contributed by atoms with E-state index in [1.807, 2.05) is 14.1 Å². The van der Waals surface area contributed by atoms with E-state index in [1.165, 1.54) is 18.5 Å². The molecule has 0 aliphatic carbocycles. The number of likely N-dealkylation sites (N-methyl/N-ethyl adjacent to an activating group) is 1. The summed E-state index contributed by atoms with van der Waals surface area (Å²) in [5.74, 6) is -0.160. The lowest BCUT2D eigenvalue weighted by Gasteiger charge is -2.28. The van der Waals surface area contributed by atoms with Gasteiger partial charge in [-0.05, 0) is 57.3 Å². The van der Waals surface area contributed by atoms with Crippen molar-refractivity contribution in [1.82, 2.24) is 15.0 Å². The molecule has 12 heteroatoms. The van der Waals surface area contributed by atoms with Crippen molar-refractivity contribution < 1.29 is 18.6 Å². The van der Waals surface area contributed by atoms with Gasteiger partial charge < -0.3 is 19.9 Å². The molecule has 37 heavy (non-hydrogen) atoms. The van der Waals surface area contributed by atoms with Crippen LogP contribution in [0.25, 0.3) is 10.9 Å². The van der Waals surface area contributed by atoms with Crippen LogP contribution in [0.4, 0.5) is 15.9 Å². The second-order valence-corrected chi connectivity index (χ2v) is 10.0. The van der Waals surface area contributed by atoms with Gasteiger partial charge >= 0.3 is 5.82 Å². The Morgan fingerprint density at radius 2 is 2.08 bits per heavy atom. The highest BCUT2D eigenvalue weighted by Gasteiger charge is 2.28. The number of halogens is 2. The lowest BCUT2D eigenvalue weighted by molar-refractivity contribution is -0.880. The minimum absolute atomic E-state index is 0.0750. The van der Waals surface area contributed by atoms with Crippen LogP contribution in [0.3, 0.4) is 0 Å². The fourth-order valence-electron chi connectivity index (χ4n) is 3.93. The van der Waals surface area contributed by atoms with Gasteiger partial charge in [0, 0.05) is 23.2 Å². The molecule has 0 radical (unpaired) electrons. The van der Waals surface area contributed by atoms with Crippen LogP contribution in [0.1, 0.15) is 12.1 Å². The molecule has 1 aliphatic heterocycles. The molecular weight excluding hydrogens is 545 g/mol. The number of anilines is 2. The number of fused-ring (bicyclic) bond motifs is 1. The van der Waals surface area contributed by atoms with Crippen molar-refractivity contribution in [3.63, 3.8) is 0 Å². The van der Waals surface area contributed by atoms with E-state index in [0.717, 1.165) is 0 Å². The Labute approximate surface area is 220 Å². The number of hydrogen-bond acceptors (Lipinski definition) is 8. The van der Waals surface area contributed by atoms with E-state index in [4.69, 9.17) is 0 Å². The Morgan fingerprint density at radius 3 is 2.84 bits per heavy atom. The van der Waals surface area contributed by atoms with Gasteiger partial charge in [-0.3, -0.25) is 9.78 Å². The zero-order valence-corrected chi connectivity index (χ0v) is 21.8. The molecule has 0 unspecified atom stereocenters. The topological polar surface area (TPSA) is 123 Å². The number of nitrogens with zero attached hydrogens (tertiary/aromatic N) is 6. The van der Waals surface area contributed by atoms with Gasteiger partial charge in [-0.25, -0.2) is 14.4 Å². The maximum absolute atomic E-state index is 13.9. The van der Waals surface area contributed by atoms with Crippen LogP contribution in [-0.4, -0.2) is 63.5 Å². The molecule has 2 aromatic heterocycles. The highest BCUT2D eigenvalue weighted by molar-refractivity contribution is 9.10. The first-order valence-corrected chi connectivity index (χ1v) is 12.1. The van der Waals surface area contributed by atoms with Crippen LogP contribution in [0.5, 0.6) is 0 Å². The maximum atomic E-state index is 13.9. The molecule has 0 spiro atoms. The fraction of sp³-hybridized carbons (Fsp3) is 0.240. The summed E-state index contributed by atoms with van der Waals surface area (Å²) in [7, 11) is 3.88. The minimum atomic E-state index is -0.460. The number of quaternary nitrogens is 1. The summed E-state index contributed by atoms with van der Waals surface area (Å²) in [4.78, 5) is 40.0. The highest BCUT2D eigenvalue weighted by Crippen LogP contribution is 2.26. The molecular formula is C25H24BrFN7O3+. The number of allylic oxidation sites excluding steroid dienone is 1. The zero-order chi connectivity index (χ0) is 26.6. The van der Waals surface area contributed by atoms with E-state index in [1.54, 1.807) is 36.7 Å². The van der Waals surface area contributed by atoms with Crippen LogP contribution >= 0.6 is 15.9 Å². The molecule has 1 N–H and O–H groups in total. The lowest BCUT2D eigenvalue weighted by atomic mass is 10.1. The zero-order valence-electron chi connectivity index (χ0n) is 20.2. The van der Waals surface area contributed by atoms with Crippen LogP contribution in [0, 0.1) is 15.9 Å². The van der Waals surface area contributed by atoms with Crippen LogP contribution < -0.4 is 5.32 Å². The third-order valence-electron chi connectivity index (χ3n) is 5.68. The Bertz CT molecular complexity index is 1470. The number of hydrogen-bond donors (Lipinski definition) is 1. The first kappa shape index (κ1) is 26.2. The molecule has 3 heterocycles. The quantitative estimate of drug-likeness (QED) is 0.166.